The van der Waals surface area contributed by atoms with E-state index in [4.69, 9.17) is 22.1 Å². The van der Waals surface area contributed by atoms with Crippen LogP contribution in [0.4, 0.5) is 10.3 Å². The second-order valence-electron chi connectivity index (χ2n) is 4.46. The number of ether oxygens (including phenoxy) is 1. The van der Waals surface area contributed by atoms with Crippen LogP contribution in [0, 0.1) is 5.82 Å². The number of nitrogen functional groups attached to an aromatic ring is 1. The molecular formula is C15H13ClFN3O. The molecule has 1 aromatic heterocycles. The van der Waals surface area contributed by atoms with Crippen molar-refractivity contribution in [3.05, 3.63) is 47.2 Å². The van der Waals surface area contributed by atoms with Crippen LogP contribution in [-0.2, 0) is 0 Å². The highest BCUT2D eigenvalue weighted by molar-refractivity contribution is 6.30. The third-order valence-electron chi connectivity index (χ3n) is 3.12. The molecule has 0 aliphatic rings. The SMILES string of the molecule is CCOc1cccc2c1nc(N)n2-c1ccc(Cl)cc1F. The van der Waals surface area contributed by atoms with E-state index in [-0.39, 0.29) is 5.95 Å². The van der Waals surface area contributed by atoms with Gasteiger partial charge in [0.2, 0.25) is 5.95 Å². The molecule has 0 aliphatic heterocycles. The summed E-state index contributed by atoms with van der Waals surface area (Å²) in [6.07, 6.45) is 0. The molecule has 6 heteroatoms. The summed E-state index contributed by atoms with van der Waals surface area (Å²) in [6, 6.07) is 9.86. The zero-order valence-electron chi connectivity index (χ0n) is 11.3. The summed E-state index contributed by atoms with van der Waals surface area (Å²) in [5, 5.41) is 0.328. The summed E-state index contributed by atoms with van der Waals surface area (Å²) in [7, 11) is 0. The average Bonchev–Trinajstić information content (AvgIpc) is 2.77. The fourth-order valence-electron chi connectivity index (χ4n) is 2.28. The molecule has 0 aliphatic carbocycles. The van der Waals surface area contributed by atoms with Crippen molar-refractivity contribution in [1.29, 1.82) is 0 Å². The number of nitrogens with two attached hydrogens (primary N) is 1. The van der Waals surface area contributed by atoms with Gasteiger partial charge in [0.1, 0.15) is 17.1 Å². The van der Waals surface area contributed by atoms with Gasteiger partial charge in [-0.15, -0.1) is 0 Å². The van der Waals surface area contributed by atoms with Gasteiger partial charge in [0.05, 0.1) is 17.8 Å². The number of hydrogen-bond donors (Lipinski definition) is 1. The number of halogens is 2. The predicted molar refractivity (Wildman–Crippen MR) is 81.6 cm³/mol. The lowest BCUT2D eigenvalue weighted by Crippen LogP contribution is -2.02. The zero-order chi connectivity index (χ0) is 15.0. The lowest BCUT2D eigenvalue weighted by Gasteiger charge is -2.08. The Kier molecular flexibility index (Phi) is 3.43. The minimum Gasteiger partial charge on any atom is -0.492 e. The maximum absolute atomic E-state index is 14.2. The first-order valence-corrected chi connectivity index (χ1v) is 6.84. The smallest absolute Gasteiger partial charge is 0.206 e. The summed E-state index contributed by atoms with van der Waals surface area (Å²) in [6.45, 7) is 2.40. The quantitative estimate of drug-likeness (QED) is 0.801. The van der Waals surface area contributed by atoms with Gasteiger partial charge in [-0.1, -0.05) is 17.7 Å². The number of imidazole rings is 1. The average molecular weight is 306 g/mol. The predicted octanol–water partition coefficient (Wildman–Crippen LogP) is 3.80. The lowest BCUT2D eigenvalue weighted by atomic mass is 10.2. The molecule has 0 fully saturated rings. The normalized spacial score (nSPS) is 11.0. The summed E-state index contributed by atoms with van der Waals surface area (Å²) in [4.78, 5) is 4.29. The minimum atomic E-state index is -0.463. The van der Waals surface area contributed by atoms with Gasteiger partial charge in [-0.05, 0) is 37.3 Å². The van der Waals surface area contributed by atoms with Crippen molar-refractivity contribution in [3.63, 3.8) is 0 Å². The van der Waals surface area contributed by atoms with Crippen molar-refractivity contribution >= 4 is 28.6 Å². The van der Waals surface area contributed by atoms with E-state index in [1.807, 2.05) is 19.1 Å². The molecule has 0 spiro atoms. The van der Waals surface area contributed by atoms with Crippen LogP contribution in [0.5, 0.6) is 5.75 Å². The molecule has 0 saturated heterocycles. The number of aromatic nitrogens is 2. The summed E-state index contributed by atoms with van der Waals surface area (Å²) in [5.74, 6) is 0.350. The molecule has 2 aromatic carbocycles. The molecule has 3 aromatic rings. The Morgan fingerprint density at radius 1 is 1.33 bits per heavy atom. The largest absolute Gasteiger partial charge is 0.492 e. The Labute approximate surface area is 125 Å². The van der Waals surface area contributed by atoms with E-state index in [1.54, 1.807) is 22.8 Å². The zero-order valence-corrected chi connectivity index (χ0v) is 12.1. The van der Waals surface area contributed by atoms with E-state index in [9.17, 15) is 4.39 Å². The van der Waals surface area contributed by atoms with Crippen LogP contribution in [0.15, 0.2) is 36.4 Å². The summed E-state index contributed by atoms with van der Waals surface area (Å²) in [5.41, 5.74) is 7.54. The lowest BCUT2D eigenvalue weighted by molar-refractivity contribution is 0.344. The van der Waals surface area contributed by atoms with Crippen LogP contribution >= 0.6 is 11.6 Å². The number of anilines is 1. The second-order valence-corrected chi connectivity index (χ2v) is 4.89. The molecule has 2 N–H and O–H groups in total. The highest BCUT2D eigenvalue weighted by Gasteiger charge is 2.16. The Bertz CT molecular complexity index is 816. The van der Waals surface area contributed by atoms with Crippen molar-refractivity contribution < 1.29 is 9.13 Å². The molecule has 0 unspecified atom stereocenters. The third-order valence-corrected chi connectivity index (χ3v) is 3.36. The van der Waals surface area contributed by atoms with Crippen molar-refractivity contribution in [2.75, 3.05) is 12.3 Å². The van der Waals surface area contributed by atoms with Gasteiger partial charge in [-0.3, -0.25) is 4.57 Å². The van der Waals surface area contributed by atoms with Crippen LogP contribution in [0.1, 0.15) is 6.92 Å². The first-order chi connectivity index (χ1) is 10.1. The van der Waals surface area contributed by atoms with Gasteiger partial charge in [0, 0.05) is 5.02 Å². The first kappa shape index (κ1) is 13.7. The molecule has 0 saturated carbocycles. The Hall–Kier alpha value is -2.27. The topological polar surface area (TPSA) is 53.1 Å². The standard InChI is InChI=1S/C15H13ClFN3O/c1-2-21-13-5-3-4-12-14(13)19-15(18)20(12)11-7-6-9(16)8-10(11)17/h3-8H,2H2,1H3,(H2,18,19). The van der Waals surface area contributed by atoms with Gasteiger partial charge in [0.15, 0.2) is 0 Å². The van der Waals surface area contributed by atoms with Crippen LogP contribution < -0.4 is 10.5 Å². The molecule has 108 valence electrons. The molecule has 3 rings (SSSR count). The van der Waals surface area contributed by atoms with Gasteiger partial charge < -0.3 is 10.5 Å². The maximum Gasteiger partial charge on any atom is 0.206 e. The van der Waals surface area contributed by atoms with Crippen molar-refractivity contribution in [3.8, 4) is 11.4 Å². The number of fused-ring (bicyclic) bond motifs is 1. The third kappa shape index (κ3) is 2.29. The van der Waals surface area contributed by atoms with Gasteiger partial charge >= 0.3 is 0 Å². The van der Waals surface area contributed by atoms with Crippen LogP contribution in [0.3, 0.4) is 0 Å². The van der Waals surface area contributed by atoms with E-state index in [0.717, 1.165) is 0 Å². The first-order valence-electron chi connectivity index (χ1n) is 6.47. The van der Waals surface area contributed by atoms with E-state index in [2.05, 4.69) is 4.98 Å². The van der Waals surface area contributed by atoms with E-state index >= 15 is 0 Å². The van der Waals surface area contributed by atoms with Crippen LogP contribution in [-0.4, -0.2) is 16.2 Å². The Balaban J connectivity index is 2.28. The Morgan fingerprint density at radius 2 is 2.14 bits per heavy atom. The second kappa shape index (κ2) is 5.26. The number of benzene rings is 2. The molecule has 0 radical (unpaired) electrons. The molecule has 0 atom stereocenters. The van der Waals surface area contributed by atoms with E-state index in [1.165, 1.54) is 6.07 Å². The number of rotatable bonds is 3. The van der Waals surface area contributed by atoms with E-state index in [0.29, 0.717) is 34.1 Å². The summed E-state index contributed by atoms with van der Waals surface area (Å²) >= 11 is 5.79. The van der Waals surface area contributed by atoms with Gasteiger partial charge in [0.25, 0.3) is 0 Å². The maximum atomic E-state index is 14.2. The Morgan fingerprint density at radius 3 is 2.86 bits per heavy atom. The molecule has 4 nitrogen and oxygen atoms in total. The monoisotopic (exact) mass is 305 g/mol. The van der Waals surface area contributed by atoms with Crippen molar-refractivity contribution in [1.82, 2.24) is 9.55 Å². The fraction of sp³-hybridized carbons (Fsp3) is 0.133. The summed E-state index contributed by atoms with van der Waals surface area (Å²) < 4.78 is 21.2. The molecular weight excluding hydrogens is 293 g/mol. The molecule has 21 heavy (non-hydrogen) atoms. The van der Waals surface area contributed by atoms with Crippen molar-refractivity contribution in [2.24, 2.45) is 0 Å². The van der Waals surface area contributed by atoms with Crippen molar-refractivity contribution in [2.45, 2.75) is 6.92 Å². The minimum absolute atomic E-state index is 0.193. The van der Waals surface area contributed by atoms with Gasteiger partial charge in [-0.2, -0.15) is 0 Å². The highest BCUT2D eigenvalue weighted by atomic mass is 35.5. The number of para-hydroxylation sites is 1. The molecule has 0 bridgehead atoms. The van der Waals surface area contributed by atoms with Gasteiger partial charge in [-0.25, -0.2) is 9.37 Å². The van der Waals surface area contributed by atoms with Crippen LogP contribution in [0.2, 0.25) is 5.02 Å². The van der Waals surface area contributed by atoms with Crippen LogP contribution in [0.25, 0.3) is 16.7 Å². The number of hydrogen-bond acceptors (Lipinski definition) is 3. The fourth-order valence-corrected chi connectivity index (χ4v) is 2.44. The highest BCUT2D eigenvalue weighted by Crippen LogP contribution is 2.31. The number of nitrogens with zero attached hydrogens (tertiary/aromatic N) is 2. The molecule has 1 heterocycles. The molecule has 0 amide bonds. The van der Waals surface area contributed by atoms with E-state index < -0.39 is 5.82 Å².